The zero-order valence-electron chi connectivity index (χ0n) is 25.5. The smallest absolute Gasteiger partial charge is 0.164 e. The second kappa shape index (κ2) is 10.7. The van der Waals surface area contributed by atoms with Gasteiger partial charge in [-0.05, 0) is 51.9 Å². The second-order valence-electron chi connectivity index (χ2n) is 11.8. The molecule has 0 aliphatic carbocycles. The lowest BCUT2D eigenvalue weighted by molar-refractivity contribution is 0.672. The highest BCUT2D eigenvalue weighted by molar-refractivity contribution is 7.21. The van der Waals surface area contributed by atoms with Gasteiger partial charge in [0, 0.05) is 33.0 Å². The third kappa shape index (κ3) is 4.31. The molecule has 0 saturated carbocycles. The van der Waals surface area contributed by atoms with E-state index in [0.29, 0.717) is 17.5 Å². The molecule has 0 amide bonds. The van der Waals surface area contributed by atoms with Crippen LogP contribution in [0.15, 0.2) is 150 Å². The first-order valence-electron chi connectivity index (χ1n) is 15.8. The largest absolute Gasteiger partial charge is 0.454 e. The van der Waals surface area contributed by atoms with E-state index >= 15 is 0 Å². The van der Waals surface area contributed by atoms with Gasteiger partial charge in [-0.1, -0.05) is 115 Å². The number of nitrogens with zero attached hydrogens (tertiary/aromatic N) is 4. The molecule has 0 fully saturated rings. The summed E-state index contributed by atoms with van der Waals surface area (Å²) in [7, 11) is 0. The molecule has 3 heterocycles. The van der Waals surface area contributed by atoms with Crippen molar-refractivity contribution in [3.05, 3.63) is 146 Å². The Labute approximate surface area is 278 Å². The fourth-order valence-corrected chi connectivity index (χ4v) is 7.62. The van der Waals surface area contributed by atoms with Crippen LogP contribution in [0.25, 0.3) is 98.4 Å². The zero-order chi connectivity index (χ0) is 31.6. The summed E-state index contributed by atoms with van der Waals surface area (Å²) in [5.74, 6) is 1.89. The normalized spacial score (nSPS) is 11.8. The van der Waals surface area contributed by atoms with E-state index in [1.165, 1.54) is 5.39 Å². The summed E-state index contributed by atoms with van der Waals surface area (Å²) >= 11 is 1.68. The lowest BCUT2D eigenvalue weighted by atomic mass is 9.99. The minimum Gasteiger partial charge on any atom is -0.454 e. The Morgan fingerprint density at radius 2 is 1.17 bits per heavy atom. The van der Waals surface area contributed by atoms with Crippen molar-refractivity contribution >= 4 is 65.0 Å². The van der Waals surface area contributed by atoms with Crippen molar-refractivity contribution in [1.82, 2.24) is 19.9 Å². The molecule has 0 spiro atoms. The Balaban J connectivity index is 1.19. The quantitative estimate of drug-likeness (QED) is 0.193. The topological polar surface area (TPSA) is 64.7 Å². The van der Waals surface area contributed by atoms with Gasteiger partial charge in [-0.3, -0.25) is 0 Å². The molecule has 6 heteroatoms. The maximum atomic E-state index is 6.56. The second-order valence-corrected chi connectivity index (χ2v) is 12.9. The molecule has 3 aromatic heterocycles. The summed E-state index contributed by atoms with van der Waals surface area (Å²) in [6, 6.07) is 49.9. The van der Waals surface area contributed by atoms with E-state index in [2.05, 4.69) is 97.1 Å². The van der Waals surface area contributed by atoms with E-state index in [0.717, 1.165) is 75.6 Å². The van der Waals surface area contributed by atoms with Gasteiger partial charge in [-0.25, -0.2) is 19.9 Å². The fourth-order valence-electron chi connectivity index (χ4n) is 6.65. The molecular formula is C42H24N4OS. The van der Waals surface area contributed by atoms with Gasteiger partial charge in [0.25, 0.3) is 0 Å². The SMILES string of the molecule is c1ccc(-c2nc(-c3ccc4ccccc4c3)nc(-c3cccc4c3ccc3oc5c(ccc6sc(-c7ccccc7)nc65)c34)n2)cc1. The summed E-state index contributed by atoms with van der Waals surface area (Å²) in [6.07, 6.45) is 0. The van der Waals surface area contributed by atoms with Crippen LogP contribution in [0.4, 0.5) is 0 Å². The average molecular weight is 633 g/mol. The molecule has 224 valence electrons. The van der Waals surface area contributed by atoms with Crippen molar-refractivity contribution in [1.29, 1.82) is 0 Å². The van der Waals surface area contributed by atoms with Gasteiger partial charge in [0.1, 0.15) is 16.1 Å². The van der Waals surface area contributed by atoms with E-state index in [4.69, 9.17) is 24.4 Å². The number of hydrogen-bond donors (Lipinski definition) is 0. The number of furan rings is 1. The number of thiazole rings is 1. The molecule has 5 nitrogen and oxygen atoms in total. The molecule has 7 aromatic carbocycles. The van der Waals surface area contributed by atoms with Crippen molar-refractivity contribution in [2.75, 3.05) is 0 Å². The van der Waals surface area contributed by atoms with Crippen LogP contribution in [-0.2, 0) is 0 Å². The molecule has 0 unspecified atom stereocenters. The molecule has 0 aliphatic rings. The molecular weight excluding hydrogens is 609 g/mol. The fraction of sp³-hybridized carbons (Fsp3) is 0. The summed E-state index contributed by atoms with van der Waals surface area (Å²) < 4.78 is 7.66. The van der Waals surface area contributed by atoms with E-state index in [9.17, 15) is 0 Å². The molecule has 0 aliphatic heterocycles. The first-order valence-corrected chi connectivity index (χ1v) is 16.6. The standard InChI is InChI=1S/C42H24N4OS/c1-3-11-26(12-4-1)39-44-40(29-19-18-25-10-7-8-15-28(25)24-29)46-41(45-39)32-17-9-16-31-30(32)20-22-34-36(31)33-21-23-35-37(38(33)47-34)43-42(48-35)27-13-5-2-6-14-27/h1-24H. The van der Waals surface area contributed by atoms with Crippen LogP contribution in [0, 0.1) is 0 Å². The first-order chi connectivity index (χ1) is 23.8. The van der Waals surface area contributed by atoms with Gasteiger partial charge in [0.2, 0.25) is 0 Å². The van der Waals surface area contributed by atoms with Crippen molar-refractivity contribution in [2.45, 2.75) is 0 Å². The van der Waals surface area contributed by atoms with Crippen LogP contribution in [0.1, 0.15) is 0 Å². The van der Waals surface area contributed by atoms with Crippen LogP contribution in [0.3, 0.4) is 0 Å². The molecule has 10 aromatic rings. The minimum absolute atomic E-state index is 0.624. The molecule has 0 saturated heterocycles. The molecule has 10 rings (SSSR count). The molecule has 0 bridgehead atoms. The zero-order valence-corrected chi connectivity index (χ0v) is 26.3. The lowest BCUT2D eigenvalue weighted by Gasteiger charge is -2.11. The monoisotopic (exact) mass is 632 g/mol. The molecule has 48 heavy (non-hydrogen) atoms. The van der Waals surface area contributed by atoms with Crippen molar-refractivity contribution in [3.63, 3.8) is 0 Å². The van der Waals surface area contributed by atoms with Crippen LogP contribution in [0.5, 0.6) is 0 Å². The summed E-state index contributed by atoms with van der Waals surface area (Å²) in [5.41, 5.74) is 6.45. The summed E-state index contributed by atoms with van der Waals surface area (Å²) in [5, 5.41) is 7.53. The predicted molar refractivity (Wildman–Crippen MR) is 197 cm³/mol. The molecule has 0 radical (unpaired) electrons. The van der Waals surface area contributed by atoms with Crippen LogP contribution in [0.2, 0.25) is 0 Å². The Morgan fingerprint density at radius 1 is 0.458 bits per heavy atom. The van der Waals surface area contributed by atoms with Gasteiger partial charge in [0.15, 0.2) is 23.1 Å². The van der Waals surface area contributed by atoms with Gasteiger partial charge in [0.05, 0.1) is 4.70 Å². The third-order valence-electron chi connectivity index (χ3n) is 8.96. The lowest BCUT2D eigenvalue weighted by Crippen LogP contribution is -2.00. The summed E-state index contributed by atoms with van der Waals surface area (Å²) in [4.78, 5) is 20.2. The number of aromatic nitrogens is 4. The summed E-state index contributed by atoms with van der Waals surface area (Å²) in [6.45, 7) is 0. The van der Waals surface area contributed by atoms with E-state index in [1.54, 1.807) is 11.3 Å². The number of fused-ring (bicyclic) bond motifs is 8. The van der Waals surface area contributed by atoms with Gasteiger partial charge in [-0.2, -0.15) is 0 Å². The minimum atomic E-state index is 0.624. The van der Waals surface area contributed by atoms with E-state index in [-0.39, 0.29) is 0 Å². The molecule has 0 N–H and O–H groups in total. The highest BCUT2D eigenvalue weighted by Crippen LogP contribution is 2.42. The Morgan fingerprint density at radius 3 is 2.00 bits per heavy atom. The first kappa shape index (κ1) is 26.9. The van der Waals surface area contributed by atoms with Crippen LogP contribution < -0.4 is 0 Å². The Bertz CT molecular complexity index is 2840. The van der Waals surface area contributed by atoms with Gasteiger partial charge >= 0.3 is 0 Å². The Hall–Kier alpha value is -6.24. The van der Waals surface area contributed by atoms with Gasteiger partial charge in [-0.15, -0.1) is 11.3 Å². The van der Waals surface area contributed by atoms with Crippen molar-refractivity contribution < 1.29 is 4.42 Å². The number of hydrogen-bond acceptors (Lipinski definition) is 6. The maximum Gasteiger partial charge on any atom is 0.164 e. The highest BCUT2D eigenvalue weighted by Gasteiger charge is 2.19. The van der Waals surface area contributed by atoms with Crippen molar-refractivity contribution in [3.8, 4) is 44.7 Å². The van der Waals surface area contributed by atoms with Gasteiger partial charge < -0.3 is 4.42 Å². The Kier molecular flexibility index (Phi) is 5.98. The number of benzene rings is 7. The highest BCUT2D eigenvalue weighted by atomic mass is 32.1. The average Bonchev–Trinajstić information content (AvgIpc) is 3.77. The van der Waals surface area contributed by atoms with E-state index in [1.807, 2.05) is 48.5 Å². The van der Waals surface area contributed by atoms with E-state index < -0.39 is 0 Å². The maximum absolute atomic E-state index is 6.56. The van der Waals surface area contributed by atoms with Crippen LogP contribution in [-0.4, -0.2) is 19.9 Å². The number of rotatable bonds is 4. The predicted octanol–water partition coefficient (Wildman–Crippen LogP) is 11.4. The van der Waals surface area contributed by atoms with Crippen LogP contribution >= 0.6 is 11.3 Å². The molecule has 0 atom stereocenters. The van der Waals surface area contributed by atoms with Crippen molar-refractivity contribution in [2.24, 2.45) is 0 Å². The third-order valence-corrected chi connectivity index (χ3v) is 10.0.